The molecule has 0 unspecified atom stereocenters. The molecule has 2 N–H and O–H groups in total. The maximum absolute atomic E-state index is 13.0. The van der Waals surface area contributed by atoms with Crippen molar-refractivity contribution in [1.82, 2.24) is 10.2 Å². The molecule has 1 aromatic carbocycles. The number of fused-ring (bicyclic) bond motifs is 1. The monoisotopic (exact) mass is 374 g/mol. The van der Waals surface area contributed by atoms with E-state index < -0.39 is 5.54 Å². The minimum atomic E-state index is -0.531. The molecule has 2 amide bonds. The summed E-state index contributed by atoms with van der Waals surface area (Å²) in [6, 6.07) is 7.40. The Kier molecular flexibility index (Phi) is 6.17. The summed E-state index contributed by atoms with van der Waals surface area (Å²) >= 11 is 0. The van der Waals surface area contributed by atoms with Crippen molar-refractivity contribution in [1.29, 1.82) is 0 Å². The van der Waals surface area contributed by atoms with Crippen LogP contribution in [-0.2, 0) is 16.1 Å². The van der Waals surface area contributed by atoms with Gasteiger partial charge in [-0.2, -0.15) is 0 Å². The number of nitrogens with one attached hydrogen (secondary N) is 1. The Morgan fingerprint density at radius 2 is 2.00 bits per heavy atom. The summed E-state index contributed by atoms with van der Waals surface area (Å²) in [6.45, 7) is 5.68. The van der Waals surface area contributed by atoms with Crippen LogP contribution in [0.5, 0.6) is 0 Å². The third-order valence-electron chi connectivity index (χ3n) is 5.65. The molecule has 0 radical (unpaired) electrons. The Bertz CT molecular complexity index is 683. The van der Waals surface area contributed by atoms with Crippen LogP contribution in [0.3, 0.4) is 0 Å². The van der Waals surface area contributed by atoms with Gasteiger partial charge in [0, 0.05) is 25.3 Å². The largest absolute Gasteiger partial charge is 0.394 e. The minimum Gasteiger partial charge on any atom is -0.394 e. The van der Waals surface area contributed by atoms with Gasteiger partial charge in [-0.3, -0.25) is 9.59 Å². The second-order valence-electron chi connectivity index (χ2n) is 8.14. The predicted octanol–water partition coefficient (Wildman–Crippen LogP) is 2.10. The smallest absolute Gasteiger partial charge is 0.254 e. The van der Waals surface area contributed by atoms with Gasteiger partial charge in [0.1, 0.15) is 0 Å². The van der Waals surface area contributed by atoms with E-state index in [1.807, 2.05) is 29.2 Å². The average Bonchev–Trinajstić information content (AvgIpc) is 2.99. The molecular formula is C21H30N2O4. The van der Waals surface area contributed by atoms with Crippen molar-refractivity contribution in [3.05, 3.63) is 35.4 Å². The number of carbonyl (C=O) groups excluding carboxylic acids is 2. The molecule has 2 heterocycles. The highest BCUT2D eigenvalue weighted by molar-refractivity contribution is 5.99. The van der Waals surface area contributed by atoms with Crippen LogP contribution in [0.2, 0.25) is 0 Å². The lowest BCUT2D eigenvalue weighted by atomic mass is 9.84. The Morgan fingerprint density at radius 1 is 1.30 bits per heavy atom. The third kappa shape index (κ3) is 4.33. The van der Waals surface area contributed by atoms with E-state index in [0.29, 0.717) is 38.5 Å². The molecule has 1 aromatic rings. The molecule has 0 aromatic heterocycles. The van der Waals surface area contributed by atoms with Crippen molar-refractivity contribution < 1.29 is 19.4 Å². The van der Waals surface area contributed by atoms with Crippen molar-refractivity contribution in [2.45, 2.75) is 57.7 Å². The maximum atomic E-state index is 13.0. The lowest BCUT2D eigenvalue weighted by Gasteiger charge is -2.44. The summed E-state index contributed by atoms with van der Waals surface area (Å²) in [5, 5.41) is 12.5. The molecule has 1 fully saturated rings. The van der Waals surface area contributed by atoms with Crippen LogP contribution in [0.4, 0.5) is 0 Å². The van der Waals surface area contributed by atoms with Crippen LogP contribution in [0, 0.1) is 5.92 Å². The molecule has 1 saturated heterocycles. The number of ether oxygens (including phenoxy) is 1. The normalized spacial score (nSPS) is 19.9. The van der Waals surface area contributed by atoms with Crippen molar-refractivity contribution in [3.63, 3.8) is 0 Å². The highest BCUT2D eigenvalue weighted by atomic mass is 16.5. The fourth-order valence-corrected chi connectivity index (χ4v) is 4.26. The van der Waals surface area contributed by atoms with Crippen molar-refractivity contribution >= 4 is 11.8 Å². The fourth-order valence-electron chi connectivity index (χ4n) is 4.26. The molecule has 6 nitrogen and oxygen atoms in total. The zero-order chi connectivity index (χ0) is 19.4. The van der Waals surface area contributed by atoms with Crippen LogP contribution in [-0.4, -0.2) is 53.2 Å². The highest BCUT2D eigenvalue weighted by Crippen LogP contribution is 2.38. The number of rotatable bonds is 7. The lowest BCUT2D eigenvalue weighted by molar-refractivity contribution is -0.126. The lowest BCUT2D eigenvalue weighted by Crippen LogP contribution is -2.55. The van der Waals surface area contributed by atoms with Crippen molar-refractivity contribution in [3.8, 4) is 0 Å². The number of hydrogen-bond acceptors (Lipinski definition) is 4. The van der Waals surface area contributed by atoms with E-state index in [1.54, 1.807) is 0 Å². The number of carbonyl (C=O) groups is 2. The topological polar surface area (TPSA) is 78.9 Å². The molecule has 27 heavy (non-hydrogen) atoms. The molecule has 0 saturated carbocycles. The molecule has 1 atom stereocenters. The molecule has 0 spiro atoms. The number of aliphatic hydroxyl groups is 1. The molecule has 2 aliphatic rings. The van der Waals surface area contributed by atoms with E-state index >= 15 is 0 Å². The van der Waals surface area contributed by atoms with Gasteiger partial charge in [0.15, 0.2) is 0 Å². The number of nitrogens with zero attached hydrogens (tertiary/aromatic N) is 1. The van der Waals surface area contributed by atoms with Gasteiger partial charge in [-0.05, 0) is 36.8 Å². The number of hydrogen-bond donors (Lipinski definition) is 2. The highest BCUT2D eigenvalue weighted by Gasteiger charge is 2.46. The van der Waals surface area contributed by atoms with Crippen LogP contribution in [0.25, 0.3) is 0 Å². The molecule has 148 valence electrons. The van der Waals surface area contributed by atoms with Crippen LogP contribution >= 0.6 is 0 Å². The maximum Gasteiger partial charge on any atom is 0.254 e. The first-order chi connectivity index (χ1) is 12.9. The molecular weight excluding hydrogens is 344 g/mol. The van der Waals surface area contributed by atoms with Crippen molar-refractivity contribution in [2.24, 2.45) is 5.92 Å². The Balaban J connectivity index is 1.76. The second kappa shape index (κ2) is 8.40. The Hall–Kier alpha value is -1.92. The average molecular weight is 374 g/mol. The van der Waals surface area contributed by atoms with E-state index in [1.165, 1.54) is 0 Å². The van der Waals surface area contributed by atoms with E-state index in [0.717, 1.165) is 17.5 Å². The Morgan fingerprint density at radius 3 is 2.63 bits per heavy atom. The third-order valence-corrected chi connectivity index (χ3v) is 5.65. The van der Waals surface area contributed by atoms with Gasteiger partial charge in [-0.1, -0.05) is 32.0 Å². The van der Waals surface area contributed by atoms with Crippen LogP contribution < -0.4 is 5.32 Å². The Labute approximate surface area is 160 Å². The zero-order valence-corrected chi connectivity index (χ0v) is 16.2. The van der Waals surface area contributed by atoms with E-state index in [-0.39, 0.29) is 30.9 Å². The van der Waals surface area contributed by atoms with Gasteiger partial charge in [0.25, 0.3) is 5.91 Å². The summed E-state index contributed by atoms with van der Waals surface area (Å²) in [5.74, 6) is 0.274. The number of aliphatic hydroxyl groups excluding tert-OH is 1. The standard InChI is InChI=1S/C21H30N2O4/c1-15(2)11-17(14-24)22-19(25)12-21(7-9-27-10-8-21)23-13-16-5-3-4-6-18(16)20(23)26/h3-6,15,17,24H,7-14H2,1-2H3,(H,22,25)/t17-/m0/s1. The second-order valence-corrected chi connectivity index (χ2v) is 8.14. The van der Waals surface area contributed by atoms with Crippen LogP contribution in [0.15, 0.2) is 24.3 Å². The summed E-state index contributed by atoms with van der Waals surface area (Å²) in [4.78, 5) is 27.7. The van der Waals surface area contributed by atoms with Gasteiger partial charge in [0.05, 0.1) is 24.6 Å². The van der Waals surface area contributed by atoms with E-state index in [4.69, 9.17) is 4.74 Å². The predicted molar refractivity (Wildman–Crippen MR) is 102 cm³/mol. The van der Waals surface area contributed by atoms with Gasteiger partial charge < -0.3 is 20.1 Å². The van der Waals surface area contributed by atoms with Gasteiger partial charge in [0.2, 0.25) is 5.91 Å². The molecule has 3 rings (SSSR count). The van der Waals surface area contributed by atoms with Gasteiger partial charge in [-0.25, -0.2) is 0 Å². The number of amides is 2. The molecule has 2 aliphatic heterocycles. The van der Waals surface area contributed by atoms with Gasteiger partial charge >= 0.3 is 0 Å². The first-order valence-electron chi connectivity index (χ1n) is 9.83. The van der Waals surface area contributed by atoms with E-state index in [9.17, 15) is 14.7 Å². The quantitative estimate of drug-likeness (QED) is 0.766. The summed E-state index contributed by atoms with van der Waals surface area (Å²) in [7, 11) is 0. The van der Waals surface area contributed by atoms with Crippen LogP contribution in [0.1, 0.15) is 55.5 Å². The summed E-state index contributed by atoms with van der Waals surface area (Å²) in [6.07, 6.45) is 2.26. The van der Waals surface area contributed by atoms with E-state index in [2.05, 4.69) is 19.2 Å². The van der Waals surface area contributed by atoms with Crippen molar-refractivity contribution in [2.75, 3.05) is 19.8 Å². The molecule has 0 bridgehead atoms. The molecule has 6 heteroatoms. The fraction of sp³-hybridized carbons (Fsp3) is 0.619. The summed E-state index contributed by atoms with van der Waals surface area (Å²) < 4.78 is 5.52. The SMILES string of the molecule is CC(C)C[C@@H](CO)NC(=O)CC1(N2Cc3ccccc3C2=O)CCOCC1. The first kappa shape index (κ1) is 19.8. The number of benzene rings is 1. The zero-order valence-electron chi connectivity index (χ0n) is 16.2. The molecule has 0 aliphatic carbocycles. The summed E-state index contributed by atoms with van der Waals surface area (Å²) in [5.41, 5.74) is 1.22. The first-order valence-corrected chi connectivity index (χ1v) is 9.83. The van der Waals surface area contributed by atoms with Gasteiger partial charge in [-0.15, -0.1) is 0 Å². The minimum absolute atomic E-state index is 0.00110.